The fourth-order valence-corrected chi connectivity index (χ4v) is 4.20. The molecule has 5 N–H and O–H groups in total. The molecule has 15 heteroatoms. The summed E-state index contributed by atoms with van der Waals surface area (Å²) in [7, 11) is 1.48. The Balaban J connectivity index is 0.000000634. The summed E-state index contributed by atoms with van der Waals surface area (Å²) in [4.78, 5) is 56.8. The third kappa shape index (κ3) is 10.4. The van der Waals surface area contributed by atoms with Crippen LogP contribution >= 0.6 is 0 Å². The number of dihydropyridines is 1. The lowest BCUT2D eigenvalue weighted by Crippen LogP contribution is -2.39. The molecular formula is C31H34N2O13. The molecule has 3 rings (SSSR count). The van der Waals surface area contributed by atoms with Crippen LogP contribution in [0.1, 0.15) is 30.9 Å². The zero-order chi connectivity index (χ0) is 34.4. The van der Waals surface area contributed by atoms with Gasteiger partial charge in [0.05, 0.1) is 28.6 Å². The first-order valence-corrected chi connectivity index (χ1v) is 13.6. The number of carbonyl (C=O) groups excluding carboxylic acids is 2. The third-order valence-electron chi connectivity index (χ3n) is 6.36. The van der Waals surface area contributed by atoms with Gasteiger partial charge in [-0.3, -0.25) is 10.1 Å². The van der Waals surface area contributed by atoms with Crippen LogP contribution in [0.3, 0.4) is 0 Å². The van der Waals surface area contributed by atoms with Crippen LogP contribution in [0.25, 0.3) is 6.08 Å². The number of non-ortho nitro benzene ring substituents is 1. The van der Waals surface area contributed by atoms with Crippen LogP contribution in [-0.4, -0.2) is 88.4 Å². The molecule has 0 aliphatic carbocycles. The number of nitrogens with zero attached hydrogens (tertiary/aromatic N) is 1. The number of allylic oxidation sites excluding steroid dienone is 2. The van der Waals surface area contributed by atoms with Gasteiger partial charge in [0.15, 0.2) is 12.2 Å². The molecule has 1 aliphatic heterocycles. The Kier molecular flexibility index (Phi) is 14.2. The Bertz CT molecular complexity index is 1500. The lowest BCUT2D eigenvalue weighted by atomic mass is 9.80. The predicted molar refractivity (Wildman–Crippen MR) is 161 cm³/mol. The van der Waals surface area contributed by atoms with E-state index in [9.17, 15) is 29.3 Å². The molecule has 15 nitrogen and oxygen atoms in total. The molecule has 0 saturated carbocycles. The van der Waals surface area contributed by atoms with Gasteiger partial charge in [0, 0.05) is 30.6 Å². The second kappa shape index (κ2) is 17.8. The van der Waals surface area contributed by atoms with Crippen molar-refractivity contribution in [3.8, 4) is 0 Å². The summed E-state index contributed by atoms with van der Waals surface area (Å²) < 4.78 is 15.8. The molecule has 3 atom stereocenters. The number of aliphatic carboxylic acids is 2. The topological polar surface area (TPSA) is 232 Å². The Morgan fingerprint density at radius 3 is 1.98 bits per heavy atom. The van der Waals surface area contributed by atoms with Gasteiger partial charge in [0.1, 0.15) is 13.2 Å². The average Bonchev–Trinajstić information content (AvgIpc) is 3.02. The zero-order valence-electron chi connectivity index (χ0n) is 25.1. The molecule has 2 aromatic rings. The van der Waals surface area contributed by atoms with E-state index >= 15 is 0 Å². The van der Waals surface area contributed by atoms with Gasteiger partial charge in [0.2, 0.25) is 0 Å². The van der Waals surface area contributed by atoms with E-state index in [-0.39, 0.29) is 36.7 Å². The highest BCUT2D eigenvalue weighted by Gasteiger charge is 2.38. The maximum atomic E-state index is 13.3. The van der Waals surface area contributed by atoms with E-state index < -0.39 is 46.9 Å². The summed E-state index contributed by atoms with van der Waals surface area (Å²) in [5, 5.41) is 47.0. The number of ether oxygens (including phenoxy) is 3. The fraction of sp³-hybridized carbons (Fsp3) is 0.290. The highest BCUT2D eigenvalue weighted by molar-refractivity contribution is 6.00. The van der Waals surface area contributed by atoms with Crippen LogP contribution in [0.5, 0.6) is 0 Å². The molecule has 0 spiro atoms. The van der Waals surface area contributed by atoms with Crippen molar-refractivity contribution in [1.29, 1.82) is 0 Å². The molecule has 1 heterocycles. The van der Waals surface area contributed by atoms with Crippen LogP contribution in [0, 0.1) is 10.1 Å². The van der Waals surface area contributed by atoms with Crippen LogP contribution in [0.15, 0.2) is 83.2 Å². The number of carboxylic acid groups (broad SMARTS) is 2. The van der Waals surface area contributed by atoms with Crippen molar-refractivity contribution in [1.82, 2.24) is 5.32 Å². The first-order chi connectivity index (χ1) is 21.8. The quantitative estimate of drug-likeness (QED) is 0.0912. The van der Waals surface area contributed by atoms with Gasteiger partial charge in [-0.1, -0.05) is 48.5 Å². The van der Waals surface area contributed by atoms with Crippen LogP contribution < -0.4 is 5.32 Å². The summed E-state index contributed by atoms with van der Waals surface area (Å²) in [5.74, 6) is -5.77. The Labute approximate surface area is 263 Å². The van der Waals surface area contributed by atoms with Gasteiger partial charge < -0.3 is 40.0 Å². The lowest BCUT2D eigenvalue weighted by molar-refractivity contribution is -0.384. The number of carbonyl (C=O) groups is 4. The number of aliphatic hydroxyl groups is 2. The molecule has 0 aromatic heterocycles. The standard InChI is InChI=1S/C27H28N2O7.C4H6O6/c1-18-23(26(30)35-14-8-11-20-9-5-4-6-10-20)25(21-12-7-13-22(17-21)29(32)33)24(19(2)28-18)27(31)36-16-15-34-3;5-1(3(7)8)2(6)4(9)10/h4-13,17,25,28H,14-16H2,1-3H3;1-2,5-6H,(H,7,8)(H,9,10)/b11-8+;. The van der Waals surface area contributed by atoms with Crippen molar-refractivity contribution < 1.29 is 58.7 Å². The van der Waals surface area contributed by atoms with Crippen molar-refractivity contribution >= 4 is 35.6 Å². The molecule has 46 heavy (non-hydrogen) atoms. The summed E-state index contributed by atoms with van der Waals surface area (Å²) in [6.07, 6.45) is -0.994. The Hall–Kier alpha value is -5.38. The smallest absolute Gasteiger partial charge is 0.337 e. The number of methoxy groups -OCH3 is 1. The minimum absolute atomic E-state index is 0.00246. The zero-order valence-corrected chi connectivity index (χ0v) is 25.1. The predicted octanol–water partition coefficient (Wildman–Crippen LogP) is 2.15. The largest absolute Gasteiger partial charge is 0.479 e. The number of nitro benzene ring substituents is 1. The number of nitro groups is 1. The van der Waals surface area contributed by atoms with Crippen molar-refractivity contribution in [3.63, 3.8) is 0 Å². The van der Waals surface area contributed by atoms with Crippen LogP contribution in [-0.2, 0) is 33.4 Å². The molecule has 0 radical (unpaired) electrons. The molecule has 3 unspecified atom stereocenters. The van der Waals surface area contributed by atoms with E-state index in [1.165, 1.54) is 25.3 Å². The van der Waals surface area contributed by atoms with Gasteiger partial charge in [-0.2, -0.15) is 0 Å². The van der Waals surface area contributed by atoms with Gasteiger partial charge in [-0.15, -0.1) is 0 Å². The average molecular weight is 643 g/mol. The van der Waals surface area contributed by atoms with Gasteiger partial charge in [0.25, 0.3) is 5.69 Å². The maximum Gasteiger partial charge on any atom is 0.337 e. The van der Waals surface area contributed by atoms with Crippen LogP contribution in [0.4, 0.5) is 5.69 Å². The van der Waals surface area contributed by atoms with E-state index in [1.807, 2.05) is 36.4 Å². The van der Waals surface area contributed by atoms with E-state index in [2.05, 4.69) is 5.32 Å². The van der Waals surface area contributed by atoms with E-state index in [0.29, 0.717) is 17.0 Å². The maximum absolute atomic E-state index is 13.3. The first kappa shape index (κ1) is 36.8. The fourth-order valence-electron chi connectivity index (χ4n) is 4.20. The molecule has 0 saturated heterocycles. The summed E-state index contributed by atoms with van der Waals surface area (Å²) in [6, 6.07) is 15.4. The number of nitrogens with one attached hydrogen (secondary N) is 1. The van der Waals surface area contributed by atoms with Gasteiger partial charge >= 0.3 is 23.9 Å². The number of esters is 2. The van der Waals surface area contributed by atoms with E-state index in [0.717, 1.165) is 5.56 Å². The van der Waals surface area contributed by atoms with E-state index in [4.69, 9.17) is 34.6 Å². The van der Waals surface area contributed by atoms with Crippen molar-refractivity contribution in [2.75, 3.05) is 26.9 Å². The Morgan fingerprint density at radius 2 is 1.46 bits per heavy atom. The number of rotatable bonds is 13. The summed E-state index contributed by atoms with van der Waals surface area (Å²) in [6.45, 7) is 3.59. The van der Waals surface area contributed by atoms with Crippen molar-refractivity contribution in [2.24, 2.45) is 0 Å². The van der Waals surface area contributed by atoms with Gasteiger partial charge in [-0.05, 0) is 31.1 Å². The van der Waals surface area contributed by atoms with Gasteiger partial charge in [-0.25, -0.2) is 19.2 Å². The molecule has 2 aromatic carbocycles. The minimum Gasteiger partial charge on any atom is -0.479 e. The van der Waals surface area contributed by atoms with Crippen LogP contribution in [0.2, 0.25) is 0 Å². The molecule has 246 valence electrons. The highest BCUT2D eigenvalue weighted by atomic mass is 16.6. The van der Waals surface area contributed by atoms with E-state index in [1.54, 1.807) is 26.0 Å². The molecule has 0 amide bonds. The van der Waals surface area contributed by atoms with Crippen molar-refractivity contribution in [2.45, 2.75) is 32.0 Å². The first-order valence-electron chi connectivity index (χ1n) is 13.6. The minimum atomic E-state index is -2.27. The second-order valence-corrected chi connectivity index (χ2v) is 9.59. The normalized spacial score (nSPS) is 15.6. The monoisotopic (exact) mass is 642 g/mol. The summed E-state index contributed by atoms with van der Waals surface area (Å²) >= 11 is 0. The molecule has 0 bridgehead atoms. The SMILES string of the molecule is COCCOC(=O)C1=C(C)NC(C)=C(C(=O)OC/C=C/c2ccccc2)C1c1cccc([N+](=O)[O-])c1.O=C(O)C(O)C(O)C(=O)O. The lowest BCUT2D eigenvalue weighted by Gasteiger charge is -2.30. The Morgan fingerprint density at radius 1 is 0.891 bits per heavy atom. The number of benzene rings is 2. The number of aliphatic hydroxyl groups excluding tert-OH is 2. The summed E-state index contributed by atoms with van der Waals surface area (Å²) in [5.41, 5.74) is 2.50. The highest BCUT2D eigenvalue weighted by Crippen LogP contribution is 2.40. The number of hydrogen-bond donors (Lipinski definition) is 5. The number of hydrogen-bond acceptors (Lipinski definition) is 12. The van der Waals surface area contributed by atoms with Crippen molar-refractivity contribution in [3.05, 3.63) is 104 Å². The number of carboxylic acids is 2. The molecule has 0 fully saturated rings. The third-order valence-corrected chi connectivity index (χ3v) is 6.36. The molecule has 1 aliphatic rings. The second-order valence-electron chi connectivity index (χ2n) is 9.59. The molecular weight excluding hydrogens is 608 g/mol.